The molecule has 0 aliphatic rings. The lowest BCUT2D eigenvalue weighted by molar-refractivity contribution is 0.0941. The number of thiazole rings is 1. The van der Waals surface area contributed by atoms with Gasteiger partial charge in [0, 0.05) is 30.9 Å². The molecule has 5 rings (SSSR count). The van der Waals surface area contributed by atoms with Gasteiger partial charge in [0.25, 0.3) is 16.7 Å². The van der Waals surface area contributed by atoms with E-state index in [0.717, 1.165) is 18.4 Å². The van der Waals surface area contributed by atoms with Crippen molar-refractivity contribution >= 4 is 33.9 Å². The van der Waals surface area contributed by atoms with Crippen LogP contribution in [0.1, 0.15) is 35.8 Å². The molecule has 8 nitrogen and oxygen atoms in total. The quantitative estimate of drug-likeness (QED) is 0.355. The number of fused-ring (bicyclic) bond motifs is 2. The van der Waals surface area contributed by atoms with Crippen LogP contribution in [0, 0.1) is 0 Å². The second-order valence-corrected chi connectivity index (χ2v) is 8.70. The zero-order valence-electron chi connectivity index (χ0n) is 18.6. The Balaban J connectivity index is 1.39. The maximum Gasteiger partial charge on any atom is 0.278 e. The molecule has 1 amide bonds. The normalized spacial score (nSPS) is 11.2. The van der Waals surface area contributed by atoms with E-state index in [1.165, 1.54) is 15.7 Å². The van der Waals surface area contributed by atoms with Crippen LogP contribution >= 0.6 is 11.3 Å². The number of aryl methyl sites for hydroxylation is 1. The second kappa shape index (κ2) is 9.48. The van der Waals surface area contributed by atoms with Crippen LogP contribution in [0.15, 0.2) is 71.1 Å². The van der Waals surface area contributed by atoms with Crippen molar-refractivity contribution < 1.29 is 9.53 Å². The number of nitrogens with zero attached hydrogens (tertiary/aromatic N) is 4. The minimum atomic E-state index is -0.245. The molecular weight excluding hydrogens is 450 g/mol. The number of nitrogens with one attached hydrogen (secondary N) is 1. The summed E-state index contributed by atoms with van der Waals surface area (Å²) in [4.78, 5) is 35.0. The maximum absolute atomic E-state index is 13.2. The number of hydrogen-bond donors (Lipinski definition) is 1. The molecule has 4 aromatic heterocycles. The van der Waals surface area contributed by atoms with Crippen molar-refractivity contribution in [2.75, 3.05) is 0 Å². The largest absolute Gasteiger partial charge is 0.431 e. The number of rotatable bonds is 8. The summed E-state index contributed by atoms with van der Waals surface area (Å²) in [6.45, 7) is 3.05. The standard InChI is InChI=1S/C25H23N5O3S/c1-2-3-12-29-20(15-19-22(29)28-21-6-4-5-13-30(21)24(19)32)23(31)27-16-17-7-9-18(10-8-17)33-25-26-11-14-34-25/h4-11,13-15H,2-3,12,16H2,1H3,(H,27,31). The Morgan fingerprint density at radius 3 is 2.79 bits per heavy atom. The molecule has 0 atom stereocenters. The highest BCUT2D eigenvalue weighted by Crippen LogP contribution is 2.23. The molecule has 0 unspecified atom stereocenters. The predicted octanol–water partition coefficient (Wildman–Crippen LogP) is 4.63. The third kappa shape index (κ3) is 4.29. The summed E-state index contributed by atoms with van der Waals surface area (Å²) in [6, 6.07) is 14.6. The number of pyridine rings is 1. The van der Waals surface area contributed by atoms with Gasteiger partial charge in [0.05, 0.1) is 5.39 Å². The summed E-state index contributed by atoms with van der Waals surface area (Å²) in [7, 11) is 0. The van der Waals surface area contributed by atoms with Crippen molar-refractivity contribution in [1.29, 1.82) is 0 Å². The second-order valence-electron chi connectivity index (χ2n) is 7.84. The zero-order valence-corrected chi connectivity index (χ0v) is 19.4. The molecule has 9 heteroatoms. The highest BCUT2D eigenvalue weighted by Gasteiger charge is 2.19. The molecule has 0 saturated heterocycles. The van der Waals surface area contributed by atoms with Crippen LogP contribution < -0.4 is 15.6 Å². The number of ether oxygens (including phenoxy) is 1. The Morgan fingerprint density at radius 1 is 1.18 bits per heavy atom. The van der Waals surface area contributed by atoms with Gasteiger partial charge in [0.2, 0.25) is 0 Å². The van der Waals surface area contributed by atoms with Crippen LogP contribution in [-0.2, 0) is 13.1 Å². The molecule has 172 valence electrons. The smallest absolute Gasteiger partial charge is 0.278 e. The Kier molecular flexibility index (Phi) is 6.09. The van der Waals surface area contributed by atoms with Gasteiger partial charge in [-0.25, -0.2) is 9.97 Å². The Hall–Kier alpha value is -3.98. The molecule has 0 radical (unpaired) electrons. The van der Waals surface area contributed by atoms with Crippen LogP contribution in [-0.4, -0.2) is 24.8 Å². The van der Waals surface area contributed by atoms with E-state index in [-0.39, 0.29) is 11.5 Å². The number of unbranched alkanes of at least 4 members (excludes halogenated alkanes) is 1. The first-order chi connectivity index (χ1) is 16.6. The van der Waals surface area contributed by atoms with E-state index in [9.17, 15) is 9.59 Å². The summed E-state index contributed by atoms with van der Waals surface area (Å²) in [6.07, 6.45) is 5.22. The monoisotopic (exact) mass is 473 g/mol. The maximum atomic E-state index is 13.2. The van der Waals surface area contributed by atoms with E-state index in [4.69, 9.17) is 4.74 Å². The van der Waals surface area contributed by atoms with E-state index < -0.39 is 0 Å². The molecule has 4 heterocycles. The minimum absolute atomic E-state index is 0.180. The first kappa shape index (κ1) is 21.8. The first-order valence-electron chi connectivity index (χ1n) is 11.1. The minimum Gasteiger partial charge on any atom is -0.431 e. The average molecular weight is 474 g/mol. The fourth-order valence-electron chi connectivity index (χ4n) is 3.79. The van der Waals surface area contributed by atoms with Crippen molar-refractivity contribution in [2.45, 2.75) is 32.9 Å². The molecule has 34 heavy (non-hydrogen) atoms. The number of hydrogen-bond acceptors (Lipinski definition) is 6. The number of carbonyl (C=O) groups is 1. The van der Waals surface area contributed by atoms with Crippen LogP contribution in [0.5, 0.6) is 10.9 Å². The summed E-state index contributed by atoms with van der Waals surface area (Å²) in [5, 5.41) is 5.84. The summed E-state index contributed by atoms with van der Waals surface area (Å²) in [5.41, 5.74) is 2.29. The summed E-state index contributed by atoms with van der Waals surface area (Å²) >= 11 is 1.42. The lowest BCUT2D eigenvalue weighted by Crippen LogP contribution is -2.25. The van der Waals surface area contributed by atoms with Crippen molar-refractivity contribution in [3.8, 4) is 10.9 Å². The van der Waals surface area contributed by atoms with Crippen LogP contribution in [0.3, 0.4) is 0 Å². The van der Waals surface area contributed by atoms with E-state index in [1.54, 1.807) is 30.6 Å². The number of benzene rings is 1. The molecule has 0 spiro atoms. The Morgan fingerprint density at radius 2 is 2.03 bits per heavy atom. The van der Waals surface area contributed by atoms with Gasteiger partial charge in [-0.05, 0) is 42.3 Å². The van der Waals surface area contributed by atoms with Gasteiger partial charge in [-0.1, -0.05) is 42.9 Å². The molecule has 0 saturated carbocycles. The van der Waals surface area contributed by atoms with E-state index in [0.29, 0.717) is 46.4 Å². The van der Waals surface area contributed by atoms with Crippen molar-refractivity contribution in [3.63, 3.8) is 0 Å². The lowest BCUT2D eigenvalue weighted by Gasteiger charge is -2.11. The van der Waals surface area contributed by atoms with Crippen LogP contribution in [0.2, 0.25) is 0 Å². The van der Waals surface area contributed by atoms with Gasteiger partial charge in [0.1, 0.15) is 22.7 Å². The third-order valence-corrected chi connectivity index (χ3v) is 6.18. The average Bonchev–Trinajstić information content (AvgIpc) is 3.50. The zero-order chi connectivity index (χ0) is 23.5. The molecule has 1 aromatic carbocycles. The molecule has 0 bridgehead atoms. The third-order valence-electron chi connectivity index (χ3n) is 5.54. The molecule has 0 aliphatic carbocycles. The lowest BCUT2D eigenvalue weighted by atomic mass is 10.2. The van der Waals surface area contributed by atoms with E-state index >= 15 is 0 Å². The highest BCUT2D eigenvalue weighted by molar-refractivity contribution is 7.11. The fraction of sp³-hybridized carbons (Fsp3) is 0.200. The topological polar surface area (TPSA) is 90.5 Å². The van der Waals surface area contributed by atoms with Gasteiger partial charge in [-0.3, -0.25) is 14.0 Å². The number of aromatic nitrogens is 4. The predicted molar refractivity (Wildman–Crippen MR) is 132 cm³/mol. The summed E-state index contributed by atoms with van der Waals surface area (Å²) in [5.74, 6) is 0.439. The number of carbonyl (C=O) groups excluding carboxylic acids is 1. The van der Waals surface area contributed by atoms with Gasteiger partial charge in [-0.2, -0.15) is 0 Å². The Bertz CT molecular complexity index is 1500. The summed E-state index contributed by atoms with van der Waals surface area (Å²) < 4.78 is 9.04. The van der Waals surface area contributed by atoms with Gasteiger partial charge in [0.15, 0.2) is 0 Å². The van der Waals surface area contributed by atoms with Crippen LogP contribution in [0.4, 0.5) is 0 Å². The van der Waals surface area contributed by atoms with Crippen molar-refractivity contribution in [1.82, 2.24) is 24.3 Å². The molecule has 0 aliphatic heterocycles. The molecule has 1 N–H and O–H groups in total. The number of amides is 1. The van der Waals surface area contributed by atoms with Crippen LogP contribution in [0.25, 0.3) is 16.7 Å². The van der Waals surface area contributed by atoms with Crippen molar-refractivity contribution in [2.24, 2.45) is 0 Å². The molecule has 5 aromatic rings. The highest BCUT2D eigenvalue weighted by atomic mass is 32.1. The van der Waals surface area contributed by atoms with Gasteiger partial charge in [-0.15, -0.1) is 0 Å². The SMILES string of the molecule is CCCCn1c(C(=O)NCc2ccc(Oc3nccs3)cc2)cc2c(=O)n3ccccc3nc21. The van der Waals surface area contributed by atoms with E-state index in [1.807, 2.05) is 40.3 Å². The van der Waals surface area contributed by atoms with Crippen molar-refractivity contribution in [3.05, 3.63) is 87.9 Å². The van der Waals surface area contributed by atoms with E-state index in [2.05, 4.69) is 22.2 Å². The Labute approximate surface area is 199 Å². The molecule has 0 fully saturated rings. The molecular formula is C25H23N5O3S. The van der Waals surface area contributed by atoms with Gasteiger partial charge < -0.3 is 14.6 Å². The first-order valence-corrected chi connectivity index (χ1v) is 12.0. The fourth-order valence-corrected chi connectivity index (χ4v) is 4.30. The van der Waals surface area contributed by atoms with Gasteiger partial charge >= 0.3 is 0 Å².